The van der Waals surface area contributed by atoms with E-state index in [2.05, 4.69) is 26.2 Å². The number of aromatic nitrogens is 1. The molecule has 2 nitrogen and oxygen atoms in total. The zero-order valence-electron chi connectivity index (χ0n) is 9.92. The van der Waals surface area contributed by atoms with Crippen LogP contribution in [0, 0.1) is 5.82 Å². The maximum atomic E-state index is 13.7. The van der Waals surface area contributed by atoms with E-state index in [0.29, 0.717) is 14.5 Å². The Morgan fingerprint density at radius 3 is 2.68 bits per heavy atom. The van der Waals surface area contributed by atoms with Crippen molar-refractivity contribution in [2.75, 3.05) is 5.32 Å². The first-order chi connectivity index (χ1) is 8.97. The molecule has 0 radical (unpaired) electrons. The smallest absolute Gasteiger partial charge is 0.166 e. The quantitative estimate of drug-likeness (QED) is 0.782. The lowest BCUT2D eigenvalue weighted by Crippen LogP contribution is -2.10. The van der Waals surface area contributed by atoms with Crippen LogP contribution in [0.3, 0.4) is 0 Å². The molecule has 1 N–H and O–H groups in total. The molecule has 6 heteroatoms. The summed E-state index contributed by atoms with van der Waals surface area (Å²) in [6, 6.07) is 6.37. The number of pyridine rings is 1. The molecule has 0 saturated heterocycles. The van der Waals surface area contributed by atoms with Crippen LogP contribution in [-0.2, 0) is 0 Å². The van der Waals surface area contributed by atoms with Crippen molar-refractivity contribution < 1.29 is 4.39 Å². The number of nitrogens with zero attached hydrogens (tertiary/aromatic N) is 1. The third kappa shape index (κ3) is 3.59. The van der Waals surface area contributed by atoms with Crippen LogP contribution >= 0.6 is 39.1 Å². The van der Waals surface area contributed by atoms with Crippen molar-refractivity contribution in [1.29, 1.82) is 0 Å². The van der Waals surface area contributed by atoms with Crippen molar-refractivity contribution in [2.45, 2.75) is 13.0 Å². The number of halogens is 4. The van der Waals surface area contributed by atoms with E-state index >= 15 is 0 Å². The van der Waals surface area contributed by atoms with E-state index in [1.54, 1.807) is 18.2 Å². The van der Waals surface area contributed by atoms with Crippen LogP contribution in [0.25, 0.3) is 0 Å². The molecule has 0 spiro atoms. The highest BCUT2D eigenvalue weighted by Crippen LogP contribution is 2.29. The molecular weight excluding hydrogens is 354 g/mol. The third-order valence-corrected chi connectivity index (χ3v) is 3.59. The first-order valence-electron chi connectivity index (χ1n) is 5.50. The van der Waals surface area contributed by atoms with Crippen LogP contribution in [0.15, 0.2) is 34.9 Å². The minimum atomic E-state index is -0.425. The van der Waals surface area contributed by atoms with Crippen LogP contribution in [-0.4, -0.2) is 4.98 Å². The van der Waals surface area contributed by atoms with E-state index in [1.807, 2.05) is 6.92 Å². The average Bonchev–Trinajstić information content (AvgIpc) is 2.32. The molecule has 0 bridgehead atoms. The molecule has 0 fully saturated rings. The van der Waals surface area contributed by atoms with Gasteiger partial charge >= 0.3 is 0 Å². The van der Waals surface area contributed by atoms with E-state index in [1.165, 1.54) is 12.3 Å². The second kappa shape index (κ2) is 6.07. The molecule has 1 unspecified atom stereocenters. The number of nitrogens with one attached hydrogen (secondary N) is 1. The minimum Gasteiger partial charge on any atom is -0.361 e. The number of benzene rings is 1. The second-order valence-electron chi connectivity index (χ2n) is 4.02. The number of hydrogen-bond acceptors (Lipinski definition) is 2. The summed E-state index contributed by atoms with van der Waals surface area (Å²) in [4.78, 5) is 3.99. The molecule has 1 aromatic carbocycles. The molecule has 100 valence electrons. The maximum absolute atomic E-state index is 13.7. The average molecular weight is 364 g/mol. The molecule has 0 aliphatic heterocycles. The molecule has 1 heterocycles. The van der Waals surface area contributed by atoms with Gasteiger partial charge in [0.2, 0.25) is 0 Å². The standard InChI is InChI=1S/C13H10BrCl2FN2/c1-7(10-3-2-9(15)5-11(10)16)19-13-12(17)4-8(14)6-18-13/h2-7H,1H3,(H,18,19). The number of rotatable bonds is 3. The van der Waals surface area contributed by atoms with Crippen LogP contribution in [0.5, 0.6) is 0 Å². The molecule has 1 aromatic heterocycles. The SMILES string of the molecule is CC(Nc1ncc(Br)cc1F)c1ccc(Cl)cc1Cl. The molecule has 0 aliphatic rings. The van der Waals surface area contributed by atoms with E-state index < -0.39 is 5.82 Å². The topological polar surface area (TPSA) is 24.9 Å². The summed E-state index contributed by atoms with van der Waals surface area (Å²) in [7, 11) is 0. The van der Waals surface area contributed by atoms with E-state index in [9.17, 15) is 4.39 Å². The van der Waals surface area contributed by atoms with Gasteiger partial charge in [0, 0.05) is 20.7 Å². The molecule has 0 saturated carbocycles. The molecule has 0 aliphatic carbocycles. The van der Waals surface area contributed by atoms with Crippen molar-refractivity contribution in [3.05, 3.63) is 56.4 Å². The Bertz CT molecular complexity index is 607. The summed E-state index contributed by atoms with van der Waals surface area (Å²) in [5.74, 6) is -0.243. The third-order valence-electron chi connectivity index (χ3n) is 2.59. The fraction of sp³-hybridized carbons (Fsp3) is 0.154. The van der Waals surface area contributed by atoms with Gasteiger partial charge in [-0.1, -0.05) is 29.3 Å². The zero-order chi connectivity index (χ0) is 14.0. The van der Waals surface area contributed by atoms with Gasteiger partial charge in [-0.25, -0.2) is 9.37 Å². The van der Waals surface area contributed by atoms with E-state index in [0.717, 1.165) is 5.56 Å². The predicted molar refractivity (Wildman–Crippen MR) is 80.4 cm³/mol. The molecule has 2 aromatic rings. The molecule has 2 rings (SSSR count). The Morgan fingerprint density at radius 1 is 1.32 bits per heavy atom. The van der Waals surface area contributed by atoms with Crippen molar-refractivity contribution in [3.63, 3.8) is 0 Å². The van der Waals surface area contributed by atoms with Gasteiger partial charge in [0.05, 0.1) is 6.04 Å². The second-order valence-corrected chi connectivity index (χ2v) is 5.78. The van der Waals surface area contributed by atoms with Crippen molar-refractivity contribution in [3.8, 4) is 0 Å². The van der Waals surface area contributed by atoms with Gasteiger partial charge in [0.1, 0.15) is 0 Å². The number of anilines is 1. The monoisotopic (exact) mass is 362 g/mol. The fourth-order valence-electron chi connectivity index (χ4n) is 1.66. The predicted octanol–water partition coefficient (Wildman–Crippen LogP) is 5.46. The fourth-order valence-corrected chi connectivity index (χ4v) is 2.53. The Morgan fingerprint density at radius 2 is 2.05 bits per heavy atom. The molecule has 19 heavy (non-hydrogen) atoms. The normalized spacial score (nSPS) is 12.3. The molecule has 0 amide bonds. The summed E-state index contributed by atoms with van der Waals surface area (Å²) in [5, 5.41) is 4.08. The molecular formula is C13H10BrCl2FN2. The summed E-state index contributed by atoms with van der Waals surface area (Å²) in [6.07, 6.45) is 1.53. The lowest BCUT2D eigenvalue weighted by molar-refractivity contribution is 0.620. The summed E-state index contributed by atoms with van der Waals surface area (Å²) >= 11 is 15.1. The number of hydrogen-bond donors (Lipinski definition) is 1. The largest absolute Gasteiger partial charge is 0.361 e. The van der Waals surface area contributed by atoms with E-state index in [4.69, 9.17) is 23.2 Å². The maximum Gasteiger partial charge on any atom is 0.166 e. The van der Waals surface area contributed by atoms with Crippen molar-refractivity contribution in [2.24, 2.45) is 0 Å². The minimum absolute atomic E-state index is 0.182. The highest BCUT2D eigenvalue weighted by atomic mass is 79.9. The first kappa shape index (κ1) is 14.6. The van der Waals surface area contributed by atoms with Gasteiger partial charge in [-0.3, -0.25) is 0 Å². The van der Waals surface area contributed by atoms with Crippen LogP contribution in [0.2, 0.25) is 10.0 Å². The van der Waals surface area contributed by atoms with Crippen LogP contribution < -0.4 is 5.32 Å². The van der Waals surface area contributed by atoms with Gasteiger partial charge in [0.25, 0.3) is 0 Å². The summed E-state index contributed by atoms with van der Waals surface area (Å²) < 4.78 is 14.3. The Kier molecular flexibility index (Phi) is 4.66. The summed E-state index contributed by atoms with van der Waals surface area (Å²) in [6.45, 7) is 1.87. The lowest BCUT2D eigenvalue weighted by Gasteiger charge is -2.17. The van der Waals surface area contributed by atoms with Gasteiger partial charge in [0.15, 0.2) is 11.6 Å². The van der Waals surface area contributed by atoms with Crippen molar-refractivity contribution >= 4 is 44.9 Å². The van der Waals surface area contributed by atoms with Crippen LogP contribution in [0.4, 0.5) is 10.2 Å². The Balaban J connectivity index is 2.23. The van der Waals surface area contributed by atoms with E-state index in [-0.39, 0.29) is 11.9 Å². The first-order valence-corrected chi connectivity index (χ1v) is 7.05. The van der Waals surface area contributed by atoms with Gasteiger partial charge in [-0.05, 0) is 46.6 Å². The molecule has 1 atom stereocenters. The Hall–Kier alpha value is -0.840. The van der Waals surface area contributed by atoms with Gasteiger partial charge in [-0.2, -0.15) is 0 Å². The lowest BCUT2D eigenvalue weighted by atomic mass is 10.1. The van der Waals surface area contributed by atoms with Gasteiger partial charge < -0.3 is 5.32 Å². The summed E-state index contributed by atoms with van der Waals surface area (Å²) in [5.41, 5.74) is 0.829. The van der Waals surface area contributed by atoms with Crippen LogP contribution in [0.1, 0.15) is 18.5 Å². The highest BCUT2D eigenvalue weighted by Gasteiger charge is 2.13. The van der Waals surface area contributed by atoms with Gasteiger partial charge in [-0.15, -0.1) is 0 Å². The highest BCUT2D eigenvalue weighted by molar-refractivity contribution is 9.10. The zero-order valence-corrected chi connectivity index (χ0v) is 13.0. The Labute approximate surface area is 129 Å². The van der Waals surface area contributed by atoms with Crippen molar-refractivity contribution in [1.82, 2.24) is 4.98 Å².